The van der Waals surface area contributed by atoms with E-state index in [0.29, 0.717) is 21.1 Å². The minimum Gasteiger partial charge on any atom is -0.326 e. The monoisotopic (exact) mass is 492 g/mol. The molecule has 0 N–H and O–H groups in total. The van der Waals surface area contributed by atoms with E-state index in [0.717, 1.165) is 0 Å². The van der Waals surface area contributed by atoms with Gasteiger partial charge in [-0.05, 0) is 0 Å². The Morgan fingerprint density at radius 3 is 0.867 bits per heavy atom. The van der Waals surface area contributed by atoms with Crippen LogP contribution in [0.4, 0.5) is 74.6 Å². The van der Waals surface area contributed by atoms with Gasteiger partial charge in [0.25, 0.3) is 0 Å². The zero-order valence-corrected chi connectivity index (χ0v) is 14.6. The maximum Gasteiger partial charge on any atom is 0.460 e. The van der Waals surface area contributed by atoms with Gasteiger partial charge in [0.2, 0.25) is 0 Å². The lowest BCUT2D eigenvalue weighted by molar-refractivity contribution is -0.880. The molecule has 0 spiro atoms. The minimum absolute atomic E-state index is 0.590. The van der Waals surface area contributed by atoms with E-state index in [2.05, 4.69) is 0 Å². The van der Waals surface area contributed by atoms with Crippen LogP contribution in [0.15, 0.2) is 0 Å². The lowest BCUT2D eigenvalue weighted by Gasteiger charge is -2.43. The summed E-state index contributed by atoms with van der Waals surface area (Å²) >= 11 is 0. The lowest BCUT2D eigenvalue weighted by Crippen LogP contribution is -2.75. The van der Waals surface area contributed by atoms with Crippen molar-refractivity contribution in [2.45, 2.75) is 47.6 Å². The highest BCUT2D eigenvalue weighted by Crippen LogP contribution is 2.63. The summed E-state index contributed by atoms with van der Waals surface area (Å²) < 4.78 is 219. The molecule has 0 atom stereocenters. The third-order valence-electron chi connectivity index (χ3n) is 3.46. The van der Waals surface area contributed by atoms with Crippen molar-refractivity contribution in [3.63, 3.8) is 0 Å². The molecule has 0 aliphatic heterocycles. The van der Waals surface area contributed by atoms with E-state index < -0.39 is 58.7 Å². The Kier molecular flexibility index (Phi) is 6.60. The molecule has 0 fully saturated rings. The molecule has 0 aliphatic rings. The van der Waals surface area contributed by atoms with E-state index in [1.165, 1.54) is 0 Å². The Labute approximate surface area is 156 Å². The molecular weight excluding hydrogens is 481 g/mol. The normalized spacial score (nSPS) is 16.8. The van der Waals surface area contributed by atoms with Gasteiger partial charge in [-0.15, -0.1) is 0 Å². The first-order valence-corrected chi connectivity index (χ1v) is 6.97. The molecule has 0 unspecified atom stereocenters. The first-order chi connectivity index (χ1) is 12.5. The predicted molar refractivity (Wildman–Crippen MR) is 63.6 cm³/mol. The molecule has 18 heteroatoms. The summed E-state index contributed by atoms with van der Waals surface area (Å²) in [5.41, 5.74) is 0. The molecule has 0 saturated carbocycles. The van der Waals surface area contributed by atoms with Gasteiger partial charge >= 0.3 is 47.6 Å². The van der Waals surface area contributed by atoms with Gasteiger partial charge in [-0.25, -0.2) is 0 Å². The maximum absolute atomic E-state index is 13.5. The van der Waals surface area contributed by atoms with Crippen LogP contribution in [0.2, 0.25) is 0 Å². The van der Waals surface area contributed by atoms with Crippen LogP contribution in [0, 0.1) is 0 Å². The third kappa shape index (κ3) is 3.87. The van der Waals surface area contributed by atoms with Crippen molar-refractivity contribution in [1.82, 2.24) is 0 Å². The van der Waals surface area contributed by atoms with E-state index in [1.54, 1.807) is 0 Å². The van der Waals surface area contributed by atoms with E-state index in [4.69, 9.17) is 0 Å². The summed E-state index contributed by atoms with van der Waals surface area (Å²) in [7, 11) is 1.77. The van der Waals surface area contributed by atoms with Crippen LogP contribution in [0.3, 0.4) is 0 Å². The Bertz CT molecular complexity index is 624. The molecule has 0 heterocycles. The lowest BCUT2D eigenvalue weighted by atomic mass is 9.89. The van der Waals surface area contributed by atoms with Gasteiger partial charge in [0.15, 0.2) is 0 Å². The minimum atomic E-state index is -8.58. The average Bonchev–Trinajstić information content (AvgIpc) is 2.41. The quantitative estimate of drug-likeness (QED) is 0.301. The van der Waals surface area contributed by atoms with Crippen molar-refractivity contribution in [3.05, 3.63) is 0 Å². The number of quaternary nitrogens is 1. The highest BCUT2D eigenvalue weighted by molar-refractivity contribution is 5.15. The Morgan fingerprint density at radius 2 is 0.633 bits per heavy atom. The average molecular weight is 492 g/mol. The summed E-state index contributed by atoms with van der Waals surface area (Å²) in [6.45, 7) is -2.49. The molecule has 0 aromatic rings. The molecule has 0 bridgehead atoms. The smallest absolute Gasteiger partial charge is 0.326 e. The number of hydrogen-bond donors (Lipinski definition) is 0. The fourth-order valence-electron chi connectivity index (χ4n) is 1.89. The van der Waals surface area contributed by atoms with Crippen LogP contribution in [0.1, 0.15) is 0 Å². The Hall–Kier alpha value is -1.23. The standard InChI is InChI=1S/C12H11F17N/c1-30(2,3)4-5(13,14)6(15,16)7(17,18)8(19,20)9(21,22)10(23,24)11(25,26)12(27,28)29/h4H2,1-3H3/q+1. The van der Waals surface area contributed by atoms with Crippen LogP contribution < -0.4 is 0 Å². The second kappa shape index (κ2) is 6.88. The fourth-order valence-corrected chi connectivity index (χ4v) is 1.89. The molecule has 0 aromatic heterocycles. The number of rotatable bonds is 8. The largest absolute Gasteiger partial charge is 0.460 e. The van der Waals surface area contributed by atoms with Crippen molar-refractivity contribution in [2.24, 2.45) is 0 Å². The van der Waals surface area contributed by atoms with Crippen molar-refractivity contribution in [1.29, 1.82) is 0 Å². The third-order valence-corrected chi connectivity index (χ3v) is 3.46. The Morgan fingerprint density at radius 1 is 0.400 bits per heavy atom. The maximum atomic E-state index is 13.5. The highest BCUT2D eigenvalue weighted by atomic mass is 19.4. The van der Waals surface area contributed by atoms with Gasteiger partial charge in [0, 0.05) is 0 Å². The van der Waals surface area contributed by atoms with E-state index in [9.17, 15) is 74.6 Å². The zero-order valence-electron chi connectivity index (χ0n) is 14.6. The topological polar surface area (TPSA) is 0 Å². The zero-order chi connectivity index (χ0) is 25.2. The predicted octanol–water partition coefficient (Wildman–Crippen LogP) is 5.70. The molecule has 0 saturated heterocycles. The second-order valence-electron chi connectivity index (χ2n) is 7.10. The molecule has 30 heavy (non-hydrogen) atoms. The first-order valence-electron chi connectivity index (χ1n) is 6.97. The molecular formula is C12H11F17N+. The highest BCUT2D eigenvalue weighted by Gasteiger charge is 2.95. The molecule has 0 amide bonds. The molecule has 1 nitrogen and oxygen atoms in total. The molecule has 0 aromatic carbocycles. The van der Waals surface area contributed by atoms with Crippen molar-refractivity contribution in [3.8, 4) is 0 Å². The van der Waals surface area contributed by atoms with Crippen LogP contribution in [-0.2, 0) is 0 Å². The fraction of sp³-hybridized carbons (Fsp3) is 1.00. The van der Waals surface area contributed by atoms with Gasteiger partial charge in [-0.3, -0.25) is 0 Å². The second-order valence-corrected chi connectivity index (χ2v) is 7.10. The molecule has 0 rings (SSSR count). The summed E-state index contributed by atoms with van der Waals surface area (Å²) in [6.07, 6.45) is -7.75. The SMILES string of the molecule is C[N+](C)(C)CC(F)(F)C(F)(F)C(F)(F)C(F)(F)C(F)(F)C(F)(F)C(F)(F)C(F)(F)F. The molecule has 0 aliphatic carbocycles. The Balaban J connectivity index is 6.70. The van der Waals surface area contributed by atoms with Crippen LogP contribution >= 0.6 is 0 Å². The van der Waals surface area contributed by atoms with Gasteiger partial charge in [0.1, 0.15) is 6.54 Å². The summed E-state index contributed by atoms with van der Waals surface area (Å²) in [5, 5.41) is 0. The van der Waals surface area contributed by atoms with E-state index in [1.807, 2.05) is 0 Å². The van der Waals surface area contributed by atoms with Crippen LogP contribution in [0.5, 0.6) is 0 Å². The number of hydrogen-bond acceptors (Lipinski definition) is 0. The van der Waals surface area contributed by atoms with E-state index in [-0.39, 0.29) is 0 Å². The number of halogens is 17. The number of alkyl halides is 17. The molecule has 182 valence electrons. The first kappa shape index (κ1) is 28.8. The summed E-state index contributed by atoms with van der Waals surface area (Å²) in [6, 6.07) is 0. The summed E-state index contributed by atoms with van der Waals surface area (Å²) in [4.78, 5) is 0. The van der Waals surface area contributed by atoms with Crippen LogP contribution in [0.25, 0.3) is 0 Å². The van der Waals surface area contributed by atoms with Crippen molar-refractivity contribution >= 4 is 0 Å². The van der Waals surface area contributed by atoms with E-state index >= 15 is 0 Å². The van der Waals surface area contributed by atoms with Gasteiger partial charge in [0.05, 0.1) is 21.1 Å². The van der Waals surface area contributed by atoms with Crippen LogP contribution in [-0.4, -0.2) is 79.8 Å². The van der Waals surface area contributed by atoms with Crippen molar-refractivity contribution in [2.75, 3.05) is 27.7 Å². The summed E-state index contributed by atoms with van der Waals surface area (Å²) in [5.74, 6) is -55.9. The van der Waals surface area contributed by atoms with Gasteiger partial charge in [-0.1, -0.05) is 0 Å². The molecule has 0 radical (unpaired) electrons. The number of nitrogens with zero attached hydrogens (tertiary/aromatic N) is 1. The van der Waals surface area contributed by atoms with Gasteiger partial charge < -0.3 is 4.48 Å². The van der Waals surface area contributed by atoms with Crippen molar-refractivity contribution < 1.29 is 79.1 Å². The van der Waals surface area contributed by atoms with Gasteiger partial charge in [-0.2, -0.15) is 74.6 Å².